The minimum absolute atomic E-state index is 0.105. The summed E-state index contributed by atoms with van der Waals surface area (Å²) < 4.78 is 6.63. The zero-order chi connectivity index (χ0) is 18.7. The van der Waals surface area contributed by atoms with Crippen LogP contribution in [0.2, 0.25) is 0 Å². The van der Waals surface area contributed by atoms with E-state index in [0.717, 1.165) is 44.9 Å². The van der Waals surface area contributed by atoms with Crippen LogP contribution in [0.4, 0.5) is 0 Å². The van der Waals surface area contributed by atoms with E-state index in [1.165, 1.54) is 6.42 Å². The quantitative estimate of drug-likeness (QED) is 0.788. The van der Waals surface area contributed by atoms with E-state index in [0.29, 0.717) is 18.3 Å². The number of carbonyl (C=O) groups is 2. The molecule has 0 aromatic rings. The molecule has 0 amide bonds. The van der Waals surface area contributed by atoms with E-state index < -0.39 is 11.6 Å². The van der Waals surface area contributed by atoms with Crippen LogP contribution in [0.25, 0.3) is 0 Å². The average Bonchev–Trinajstić information content (AvgIpc) is 2.90. The molecule has 0 radical (unpaired) electrons. The first-order valence-electron chi connectivity index (χ1n) is 10.7. The molecular formula is C22H34O4. The first kappa shape index (κ1) is 18.5. The summed E-state index contributed by atoms with van der Waals surface area (Å²) >= 11 is 0. The van der Waals surface area contributed by atoms with Crippen LogP contribution in [0.5, 0.6) is 0 Å². The summed E-state index contributed by atoms with van der Waals surface area (Å²) in [4.78, 5) is 25.2. The zero-order valence-corrected chi connectivity index (χ0v) is 16.5. The van der Waals surface area contributed by atoms with Gasteiger partial charge >= 0.3 is 5.97 Å². The van der Waals surface area contributed by atoms with E-state index in [9.17, 15) is 14.7 Å². The Morgan fingerprint density at radius 2 is 1.92 bits per heavy atom. The maximum absolute atomic E-state index is 13.5. The van der Waals surface area contributed by atoms with Crippen LogP contribution in [-0.2, 0) is 14.3 Å². The van der Waals surface area contributed by atoms with Gasteiger partial charge in [-0.25, -0.2) is 0 Å². The minimum atomic E-state index is -0.718. The number of Topliss-reactive ketones (excluding diaryl/α,β-unsaturated/α-hetero) is 1. The Kier molecular flexibility index (Phi) is 4.49. The van der Waals surface area contributed by atoms with Crippen molar-refractivity contribution in [1.82, 2.24) is 0 Å². The molecule has 146 valence electrons. The van der Waals surface area contributed by atoms with Crippen molar-refractivity contribution in [2.24, 2.45) is 35.0 Å². The highest BCUT2D eigenvalue weighted by Gasteiger charge is 2.65. The third-order valence-corrected chi connectivity index (χ3v) is 8.66. The highest BCUT2D eigenvalue weighted by atomic mass is 16.5. The van der Waals surface area contributed by atoms with Gasteiger partial charge in [0.1, 0.15) is 5.60 Å². The van der Waals surface area contributed by atoms with Gasteiger partial charge in [-0.3, -0.25) is 9.59 Å². The molecule has 2 saturated heterocycles. The normalized spacial score (nSPS) is 49.5. The zero-order valence-electron chi connectivity index (χ0n) is 16.5. The van der Waals surface area contributed by atoms with Crippen molar-refractivity contribution in [2.75, 3.05) is 0 Å². The summed E-state index contributed by atoms with van der Waals surface area (Å²) in [5.74, 6) is 0.652. The standard InChI is InChI=1S/C22H34O4/c1-13-6-7-18-17-9-8-16(14(2)20(24)25)21(17,3)12-19(23)22(18)10-4-5-15(11-13)26-22/h13-18H,4-12H2,1-3H3,(H,24,25)/t13-,14+,15-,16-,17+,18+,21+,22+/m1/s1. The second-order valence-electron chi connectivity index (χ2n) is 10.1. The van der Waals surface area contributed by atoms with E-state index in [1.807, 2.05) is 6.92 Å². The number of carboxylic acid groups (broad SMARTS) is 1. The van der Waals surface area contributed by atoms with Gasteiger partial charge in [0, 0.05) is 6.42 Å². The molecule has 2 aliphatic heterocycles. The number of hydrogen-bond donors (Lipinski definition) is 1. The fourth-order valence-corrected chi connectivity index (χ4v) is 7.35. The van der Waals surface area contributed by atoms with E-state index in [2.05, 4.69) is 13.8 Å². The number of carbonyl (C=O) groups excluding carboxylic acids is 1. The van der Waals surface area contributed by atoms with Crippen molar-refractivity contribution in [3.8, 4) is 0 Å². The second kappa shape index (κ2) is 6.32. The van der Waals surface area contributed by atoms with Crippen LogP contribution in [0.15, 0.2) is 0 Å². The molecule has 2 aliphatic carbocycles. The van der Waals surface area contributed by atoms with Crippen LogP contribution in [0.1, 0.15) is 78.6 Å². The summed E-state index contributed by atoms with van der Waals surface area (Å²) in [5, 5.41) is 9.59. The third-order valence-electron chi connectivity index (χ3n) is 8.66. The van der Waals surface area contributed by atoms with Gasteiger partial charge in [-0.1, -0.05) is 27.2 Å². The lowest BCUT2D eigenvalue weighted by molar-refractivity contribution is -0.213. The molecule has 8 atom stereocenters. The highest BCUT2D eigenvalue weighted by molar-refractivity contribution is 5.90. The monoisotopic (exact) mass is 362 g/mol. The SMILES string of the molecule is C[C@@H]1CC[C@H]2[C@@H]3CC[C@H]([C@H](C)C(=O)O)[C@]3(C)CC(=O)[C@]23CCC[C@H](C1)O3. The molecule has 1 N–H and O–H groups in total. The van der Waals surface area contributed by atoms with Crippen LogP contribution in [0.3, 0.4) is 0 Å². The Morgan fingerprint density at radius 1 is 1.19 bits per heavy atom. The van der Waals surface area contributed by atoms with Crippen molar-refractivity contribution >= 4 is 11.8 Å². The number of fused-ring (bicyclic) bond motifs is 3. The second-order valence-corrected chi connectivity index (χ2v) is 10.1. The summed E-state index contributed by atoms with van der Waals surface area (Å²) in [6.45, 7) is 6.36. The predicted molar refractivity (Wildman–Crippen MR) is 98.7 cm³/mol. The molecule has 4 heteroatoms. The van der Waals surface area contributed by atoms with E-state index in [1.54, 1.807) is 0 Å². The van der Waals surface area contributed by atoms with E-state index in [-0.39, 0.29) is 35.1 Å². The van der Waals surface area contributed by atoms with Crippen LogP contribution >= 0.6 is 0 Å². The number of ketones is 1. The highest BCUT2D eigenvalue weighted by Crippen LogP contribution is 2.64. The number of aliphatic carboxylic acids is 1. The van der Waals surface area contributed by atoms with Gasteiger partial charge in [0.2, 0.25) is 0 Å². The Balaban J connectivity index is 1.71. The van der Waals surface area contributed by atoms with E-state index >= 15 is 0 Å². The average molecular weight is 363 g/mol. The van der Waals surface area contributed by atoms with Gasteiger partial charge in [-0.2, -0.15) is 0 Å². The lowest BCUT2D eigenvalue weighted by atomic mass is 9.52. The van der Waals surface area contributed by atoms with E-state index in [4.69, 9.17) is 4.74 Å². The predicted octanol–water partition coefficient (Wildman–Crippen LogP) is 4.46. The first-order chi connectivity index (χ1) is 12.3. The Labute approximate surface area is 157 Å². The van der Waals surface area contributed by atoms with Gasteiger partial charge in [0.05, 0.1) is 12.0 Å². The Hall–Kier alpha value is -0.900. The van der Waals surface area contributed by atoms with Gasteiger partial charge in [-0.05, 0) is 74.0 Å². The molecule has 4 aliphatic rings. The molecule has 2 saturated carbocycles. The Bertz CT molecular complexity index is 601. The number of ether oxygens (including phenoxy) is 1. The molecule has 4 rings (SSSR count). The van der Waals surface area contributed by atoms with Gasteiger partial charge < -0.3 is 9.84 Å². The smallest absolute Gasteiger partial charge is 0.306 e. The van der Waals surface area contributed by atoms with Gasteiger partial charge in [0.25, 0.3) is 0 Å². The number of rotatable bonds is 2. The molecule has 2 heterocycles. The van der Waals surface area contributed by atoms with Gasteiger partial charge in [-0.15, -0.1) is 0 Å². The minimum Gasteiger partial charge on any atom is -0.481 e. The first-order valence-corrected chi connectivity index (χ1v) is 10.7. The number of hydrogen-bond acceptors (Lipinski definition) is 3. The fourth-order valence-electron chi connectivity index (χ4n) is 7.35. The van der Waals surface area contributed by atoms with Crippen molar-refractivity contribution < 1.29 is 19.4 Å². The molecule has 2 bridgehead atoms. The molecule has 1 spiro atoms. The van der Waals surface area contributed by atoms with Crippen LogP contribution in [-0.4, -0.2) is 28.6 Å². The van der Waals surface area contributed by atoms with Crippen LogP contribution in [0, 0.1) is 35.0 Å². The maximum Gasteiger partial charge on any atom is 0.306 e. The molecule has 0 aromatic carbocycles. The molecule has 0 aromatic heterocycles. The summed E-state index contributed by atoms with van der Waals surface area (Å²) in [5.41, 5.74) is -0.738. The fraction of sp³-hybridized carbons (Fsp3) is 0.909. The van der Waals surface area contributed by atoms with Crippen molar-refractivity contribution in [2.45, 2.75) is 90.3 Å². The summed E-state index contributed by atoms with van der Waals surface area (Å²) in [6.07, 6.45) is 9.14. The molecule has 26 heavy (non-hydrogen) atoms. The Morgan fingerprint density at radius 3 is 2.65 bits per heavy atom. The molecule has 4 fully saturated rings. The molecule has 0 unspecified atom stereocenters. The van der Waals surface area contributed by atoms with Crippen molar-refractivity contribution in [3.63, 3.8) is 0 Å². The third kappa shape index (κ3) is 2.58. The lowest BCUT2D eigenvalue weighted by Crippen LogP contribution is -2.62. The van der Waals surface area contributed by atoms with Crippen molar-refractivity contribution in [1.29, 1.82) is 0 Å². The largest absolute Gasteiger partial charge is 0.481 e. The van der Waals surface area contributed by atoms with Crippen molar-refractivity contribution in [3.05, 3.63) is 0 Å². The van der Waals surface area contributed by atoms with Gasteiger partial charge in [0.15, 0.2) is 5.78 Å². The molecular weight excluding hydrogens is 328 g/mol. The molecule has 4 nitrogen and oxygen atoms in total. The van der Waals surface area contributed by atoms with Crippen LogP contribution < -0.4 is 0 Å². The lowest BCUT2D eigenvalue weighted by Gasteiger charge is -2.57. The summed E-state index contributed by atoms with van der Waals surface area (Å²) in [6, 6.07) is 0. The number of carboxylic acids is 1. The summed E-state index contributed by atoms with van der Waals surface area (Å²) in [7, 11) is 0. The maximum atomic E-state index is 13.5. The topological polar surface area (TPSA) is 63.6 Å².